The summed E-state index contributed by atoms with van der Waals surface area (Å²) in [5, 5.41) is 8.61. The van der Waals surface area contributed by atoms with Crippen LogP contribution in [0.15, 0.2) is 47.2 Å². The van der Waals surface area contributed by atoms with Gasteiger partial charge in [-0.1, -0.05) is 49.3 Å². The quantitative estimate of drug-likeness (QED) is 0.695. The first-order valence-electron chi connectivity index (χ1n) is 8.34. The molecule has 4 nitrogen and oxygen atoms in total. The van der Waals surface area contributed by atoms with Crippen molar-refractivity contribution >= 4 is 0 Å². The number of benzene rings is 1. The van der Waals surface area contributed by atoms with Gasteiger partial charge in [0.05, 0.1) is 24.0 Å². The fourth-order valence-corrected chi connectivity index (χ4v) is 2.71. The number of hydrogen-bond donors (Lipinski definition) is 0. The minimum Gasteiger partial charge on any atom is -0.360 e. The van der Waals surface area contributed by atoms with Gasteiger partial charge in [0.2, 0.25) is 0 Å². The Balaban J connectivity index is 0.000000753. The highest BCUT2D eigenvalue weighted by atomic mass is 16.5. The van der Waals surface area contributed by atoms with E-state index < -0.39 is 0 Å². The number of hydrogen-bond acceptors (Lipinski definition) is 3. The Labute approximate surface area is 137 Å². The van der Waals surface area contributed by atoms with Gasteiger partial charge in [-0.3, -0.25) is 4.68 Å². The van der Waals surface area contributed by atoms with Crippen LogP contribution in [0.2, 0.25) is 0 Å². The lowest BCUT2D eigenvalue weighted by atomic mass is 10.1. The molecule has 2 heterocycles. The third-order valence-electron chi connectivity index (χ3n) is 3.95. The van der Waals surface area contributed by atoms with E-state index in [1.54, 1.807) is 0 Å². The van der Waals surface area contributed by atoms with Gasteiger partial charge >= 0.3 is 0 Å². The normalized spacial score (nSPS) is 13.5. The van der Waals surface area contributed by atoms with Crippen LogP contribution in [0.4, 0.5) is 0 Å². The average Bonchev–Trinajstić information content (AvgIpc) is 3.22. The summed E-state index contributed by atoms with van der Waals surface area (Å²) in [7, 11) is 0. The summed E-state index contributed by atoms with van der Waals surface area (Å²) < 4.78 is 7.48. The summed E-state index contributed by atoms with van der Waals surface area (Å²) in [5.74, 6) is 1.59. The van der Waals surface area contributed by atoms with Gasteiger partial charge in [-0.25, -0.2) is 0 Å². The van der Waals surface area contributed by atoms with Crippen molar-refractivity contribution < 1.29 is 4.52 Å². The van der Waals surface area contributed by atoms with Crippen molar-refractivity contribution in [2.45, 2.75) is 46.1 Å². The zero-order chi connectivity index (χ0) is 16.2. The molecule has 0 unspecified atom stereocenters. The second-order valence-corrected chi connectivity index (χ2v) is 5.69. The Kier molecular flexibility index (Phi) is 4.60. The molecule has 0 radical (unpaired) electrons. The molecule has 1 aliphatic rings. The van der Waals surface area contributed by atoms with Crippen molar-refractivity contribution in [2.75, 3.05) is 0 Å². The van der Waals surface area contributed by atoms with E-state index in [1.807, 2.05) is 37.7 Å². The van der Waals surface area contributed by atoms with Crippen LogP contribution in [0.5, 0.6) is 0 Å². The average molecular weight is 309 g/mol. The minimum atomic E-state index is 0.554. The van der Waals surface area contributed by atoms with E-state index in [9.17, 15) is 0 Å². The monoisotopic (exact) mass is 309 g/mol. The van der Waals surface area contributed by atoms with Crippen molar-refractivity contribution in [3.05, 3.63) is 59.7 Å². The maximum absolute atomic E-state index is 5.51. The molecule has 0 N–H and O–H groups in total. The highest BCUT2D eigenvalue weighted by Gasteiger charge is 2.32. The van der Waals surface area contributed by atoms with Crippen molar-refractivity contribution in [2.24, 2.45) is 0 Å². The maximum atomic E-state index is 5.51. The summed E-state index contributed by atoms with van der Waals surface area (Å²) in [6.45, 7) is 6.78. The van der Waals surface area contributed by atoms with Crippen LogP contribution in [0, 0.1) is 6.92 Å². The molecule has 0 saturated heterocycles. The second-order valence-electron chi connectivity index (χ2n) is 5.69. The molecule has 120 valence electrons. The van der Waals surface area contributed by atoms with Crippen LogP contribution in [0.1, 0.15) is 49.6 Å². The molecule has 1 aliphatic carbocycles. The molecule has 1 fully saturated rings. The van der Waals surface area contributed by atoms with Crippen LogP contribution in [0.25, 0.3) is 11.1 Å². The largest absolute Gasteiger partial charge is 0.360 e. The number of aryl methyl sites for hydroxylation is 1. The zero-order valence-corrected chi connectivity index (χ0v) is 14.0. The summed E-state index contributed by atoms with van der Waals surface area (Å²) in [6, 6.07) is 10.4. The van der Waals surface area contributed by atoms with Crippen molar-refractivity contribution in [3.8, 4) is 11.1 Å². The Morgan fingerprint density at radius 2 is 1.91 bits per heavy atom. The fraction of sp³-hybridized carbons (Fsp3) is 0.368. The smallest absolute Gasteiger partial charge is 0.147 e. The van der Waals surface area contributed by atoms with Gasteiger partial charge in [0, 0.05) is 17.7 Å². The van der Waals surface area contributed by atoms with E-state index in [0.717, 1.165) is 29.1 Å². The van der Waals surface area contributed by atoms with Crippen LogP contribution in [-0.4, -0.2) is 14.9 Å². The van der Waals surface area contributed by atoms with Gasteiger partial charge < -0.3 is 4.52 Å². The standard InChI is InChI=1S/C17H17N3O.C2H6/c1-12-16(17(21-19-12)14-7-8-14)15-9-18-20(11-15)10-13-5-3-2-4-6-13;1-2/h2-6,9,11,14H,7-8,10H2,1H3;1-2H3. The molecule has 0 aliphatic heterocycles. The molecule has 4 heteroatoms. The van der Waals surface area contributed by atoms with E-state index >= 15 is 0 Å². The summed E-state index contributed by atoms with van der Waals surface area (Å²) in [5.41, 5.74) is 4.44. The Morgan fingerprint density at radius 3 is 2.61 bits per heavy atom. The minimum absolute atomic E-state index is 0.554. The highest BCUT2D eigenvalue weighted by Crippen LogP contribution is 2.45. The lowest BCUT2D eigenvalue weighted by molar-refractivity contribution is 0.381. The molecule has 23 heavy (non-hydrogen) atoms. The SMILES string of the molecule is CC.Cc1noc(C2CC2)c1-c1cnn(Cc2ccccc2)c1. The van der Waals surface area contributed by atoms with E-state index in [2.05, 4.69) is 40.7 Å². The van der Waals surface area contributed by atoms with E-state index in [1.165, 1.54) is 18.4 Å². The van der Waals surface area contributed by atoms with Crippen LogP contribution in [0.3, 0.4) is 0 Å². The lowest BCUT2D eigenvalue weighted by Gasteiger charge is -2.01. The van der Waals surface area contributed by atoms with Crippen molar-refractivity contribution in [1.82, 2.24) is 14.9 Å². The van der Waals surface area contributed by atoms with E-state index in [0.29, 0.717) is 5.92 Å². The maximum Gasteiger partial charge on any atom is 0.147 e. The molecule has 4 rings (SSSR count). The second kappa shape index (κ2) is 6.82. The first kappa shape index (κ1) is 15.5. The molecular formula is C19H23N3O. The van der Waals surface area contributed by atoms with E-state index in [4.69, 9.17) is 4.52 Å². The highest BCUT2D eigenvalue weighted by molar-refractivity contribution is 5.67. The summed E-state index contributed by atoms with van der Waals surface area (Å²) in [4.78, 5) is 0. The predicted molar refractivity (Wildman–Crippen MR) is 91.3 cm³/mol. The molecule has 0 atom stereocenters. The molecule has 0 bridgehead atoms. The van der Waals surface area contributed by atoms with Gasteiger partial charge in [-0.2, -0.15) is 5.10 Å². The van der Waals surface area contributed by atoms with Crippen LogP contribution < -0.4 is 0 Å². The first-order valence-corrected chi connectivity index (χ1v) is 8.34. The van der Waals surface area contributed by atoms with E-state index in [-0.39, 0.29) is 0 Å². The lowest BCUT2D eigenvalue weighted by Crippen LogP contribution is -1.99. The molecule has 0 spiro atoms. The first-order chi connectivity index (χ1) is 11.3. The summed E-state index contributed by atoms with van der Waals surface area (Å²) in [6.07, 6.45) is 6.41. The van der Waals surface area contributed by atoms with Crippen molar-refractivity contribution in [3.63, 3.8) is 0 Å². The topological polar surface area (TPSA) is 43.9 Å². The van der Waals surface area contributed by atoms with Gasteiger partial charge in [-0.05, 0) is 25.3 Å². The Hall–Kier alpha value is -2.36. The molecule has 1 saturated carbocycles. The number of rotatable bonds is 4. The fourth-order valence-electron chi connectivity index (χ4n) is 2.71. The molecule has 1 aromatic carbocycles. The zero-order valence-electron chi connectivity index (χ0n) is 14.0. The Bertz CT molecular complexity index is 754. The molecule has 0 amide bonds. The Morgan fingerprint density at radius 1 is 1.17 bits per heavy atom. The molecular weight excluding hydrogens is 286 g/mol. The van der Waals surface area contributed by atoms with Crippen molar-refractivity contribution in [1.29, 1.82) is 0 Å². The number of nitrogens with zero attached hydrogens (tertiary/aromatic N) is 3. The van der Waals surface area contributed by atoms with Gasteiger partial charge in [-0.15, -0.1) is 0 Å². The van der Waals surface area contributed by atoms with Gasteiger partial charge in [0.15, 0.2) is 0 Å². The number of aromatic nitrogens is 3. The third-order valence-corrected chi connectivity index (χ3v) is 3.95. The predicted octanol–water partition coefficient (Wildman–Crippen LogP) is 4.80. The third kappa shape index (κ3) is 3.36. The van der Waals surface area contributed by atoms with Crippen LogP contribution >= 0.6 is 0 Å². The summed E-state index contributed by atoms with van der Waals surface area (Å²) >= 11 is 0. The molecule has 3 aromatic rings. The molecule has 2 aromatic heterocycles. The van der Waals surface area contributed by atoms with Gasteiger partial charge in [0.25, 0.3) is 0 Å². The van der Waals surface area contributed by atoms with Crippen LogP contribution in [-0.2, 0) is 6.54 Å². The van der Waals surface area contributed by atoms with Gasteiger partial charge in [0.1, 0.15) is 5.76 Å².